The van der Waals surface area contributed by atoms with Gasteiger partial charge in [0.15, 0.2) is 0 Å². The molecule has 0 saturated carbocycles. The Kier molecular flexibility index (Phi) is 3.97. The van der Waals surface area contributed by atoms with Gasteiger partial charge in [0.2, 0.25) is 5.91 Å². The minimum absolute atomic E-state index is 0. The van der Waals surface area contributed by atoms with E-state index in [4.69, 9.17) is 11.6 Å². The van der Waals surface area contributed by atoms with E-state index in [1.807, 2.05) is 19.1 Å². The molecule has 1 amide bonds. The van der Waals surface area contributed by atoms with Crippen molar-refractivity contribution in [1.29, 1.82) is 0 Å². The molecular weight excluding hydrogens is 235 g/mol. The van der Waals surface area contributed by atoms with Crippen LogP contribution in [-0.2, 0) is 11.3 Å². The molecule has 0 unspecified atom stereocenters. The van der Waals surface area contributed by atoms with E-state index in [0.717, 1.165) is 11.3 Å². The Bertz CT molecular complexity index is 382. The third kappa shape index (κ3) is 2.62. The second-order valence-corrected chi connectivity index (χ2v) is 3.83. The van der Waals surface area contributed by atoms with Gasteiger partial charge < -0.3 is 10.6 Å². The van der Waals surface area contributed by atoms with Crippen LogP contribution >= 0.6 is 24.0 Å². The number of carbonyl (C=O) groups excluding carboxylic acids is 1. The number of fused-ring (bicyclic) bond motifs is 1. The predicted molar refractivity (Wildman–Crippen MR) is 63.6 cm³/mol. The lowest BCUT2D eigenvalue weighted by Crippen LogP contribution is -2.34. The minimum atomic E-state index is -0.166. The maximum Gasteiger partial charge on any atom is 0.241 e. The average Bonchev–Trinajstić information content (AvgIpc) is 2.29. The quantitative estimate of drug-likeness (QED) is 0.737. The lowest BCUT2D eigenvalue weighted by atomic mass is 10.2. The summed E-state index contributed by atoms with van der Waals surface area (Å²) in [6, 6.07) is 5.30. The first-order valence-corrected chi connectivity index (χ1v) is 4.87. The number of halogens is 2. The Morgan fingerprint density at radius 3 is 2.93 bits per heavy atom. The van der Waals surface area contributed by atoms with Crippen LogP contribution in [0.2, 0.25) is 5.02 Å². The third-order valence-corrected chi connectivity index (χ3v) is 2.55. The fourth-order valence-corrected chi connectivity index (χ4v) is 1.62. The molecule has 0 saturated heterocycles. The maximum absolute atomic E-state index is 11.5. The monoisotopic (exact) mass is 246 g/mol. The molecule has 15 heavy (non-hydrogen) atoms. The first kappa shape index (κ1) is 12.3. The first-order valence-electron chi connectivity index (χ1n) is 4.49. The molecule has 0 bridgehead atoms. The third-order valence-electron chi connectivity index (χ3n) is 2.32. The summed E-state index contributed by atoms with van der Waals surface area (Å²) in [5.74, 6) is -0.00827. The van der Waals surface area contributed by atoms with Crippen LogP contribution in [0.5, 0.6) is 0 Å². The van der Waals surface area contributed by atoms with E-state index in [0.29, 0.717) is 11.6 Å². The topological polar surface area (TPSA) is 41.1 Å². The number of hydrogen-bond donors (Lipinski definition) is 2. The van der Waals surface area contributed by atoms with Crippen molar-refractivity contribution in [1.82, 2.24) is 5.32 Å². The van der Waals surface area contributed by atoms with Crippen LogP contribution in [0.3, 0.4) is 0 Å². The number of carbonyl (C=O) groups is 1. The van der Waals surface area contributed by atoms with Crippen molar-refractivity contribution in [3.63, 3.8) is 0 Å². The first-order chi connectivity index (χ1) is 6.66. The summed E-state index contributed by atoms with van der Waals surface area (Å²) in [7, 11) is 0. The van der Waals surface area contributed by atoms with Gasteiger partial charge in [-0.25, -0.2) is 0 Å². The Morgan fingerprint density at radius 2 is 2.20 bits per heavy atom. The van der Waals surface area contributed by atoms with E-state index < -0.39 is 0 Å². The highest BCUT2D eigenvalue weighted by atomic mass is 35.5. The highest BCUT2D eigenvalue weighted by Gasteiger charge is 2.18. The molecule has 0 radical (unpaired) electrons. The van der Waals surface area contributed by atoms with Gasteiger partial charge in [-0.1, -0.05) is 11.6 Å². The molecule has 1 aromatic rings. The molecule has 1 atom stereocenters. The standard InChI is InChI=1S/C10H11ClN2O.ClH/c1-6-10(14)13-9-3-2-8(11)4-7(9)5-12-6;/h2-4,6,12H,5H2,1H3,(H,13,14);1H/t6-;/m0./s1. The predicted octanol–water partition coefficient (Wildman–Crippen LogP) is 2.19. The van der Waals surface area contributed by atoms with E-state index in [9.17, 15) is 4.79 Å². The van der Waals surface area contributed by atoms with Gasteiger partial charge in [0, 0.05) is 17.3 Å². The number of nitrogens with one attached hydrogen (secondary N) is 2. The molecule has 0 aliphatic carbocycles. The van der Waals surface area contributed by atoms with Crippen LogP contribution < -0.4 is 10.6 Å². The molecule has 1 aliphatic rings. The zero-order valence-electron chi connectivity index (χ0n) is 8.21. The maximum atomic E-state index is 11.5. The van der Waals surface area contributed by atoms with Gasteiger partial charge in [-0.3, -0.25) is 4.79 Å². The Balaban J connectivity index is 0.00000112. The summed E-state index contributed by atoms with van der Waals surface area (Å²) in [4.78, 5) is 11.5. The summed E-state index contributed by atoms with van der Waals surface area (Å²) in [6.07, 6.45) is 0. The summed E-state index contributed by atoms with van der Waals surface area (Å²) < 4.78 is 0. The summed E-state index contributed by atoms with van der Waals surface area (Å²) in [6.45, 7) is 2.50. The van der Waals surface area contributed by atoms with E-state index in [1.165, 1.54) is 0 Å². The van der Waals surface area contributed by atoms with Gasteiger partial charge in [-0.05, 0) is 30.7 Å². The van der Waals surface area contributed by atoms with Crippen LogP contribution in [0.1, 0.15) is 12.5 Å². The fraction of sp³-hybridized carbons (Fsp3) is 0.300. The van der Waals surface area contributed by atoms with Gasteiger partial charge in [0.25, 0.3) is 0 Å². The fourth-order valence-electron chi connectivity index (χ4n) is 1.43. The van der Waals surface area contributed by atoms with Crippen LogP contribution in [0.4, 0.5) is 5.69 Å². The van der Waals surface area contributed by atoms with Crippen molar-refractivity contribution in [2.45, 2.75) is 19.5 Å². The molecule has 0 fully saturated rings. The number of anilines is 1. The van der Waals surface area contributed by atoms with Crippen molar-refractivity contribution in [3.8, 4) is 0 Å². The van der Waals surface area contributed by atoms with Crippen molar-refractivity contribution >= 4 is 35.6 Å². The molecule has 1 heterocycles. The average molecular weight is 247 g/mol. The lowest BCUT2D eigenvalue weighted by molar-refractivity contribution is -0.117. The molecule has 5 heteroatoms. The molecular formula is C10H12Cl2N2O. The van der Waals surface area contributed by atoms with Crippen LogP contribution in [0, 0.1) is 0 Å². The lowest BCUT2D eigenvalue weighted by Gasteiger charge is -2.06. The van der Waals surface area contributed by atoms with Crippen molar-refractivity contribution in [3.05, 3.63) is 28.8 Å². The normalized spacial score (nSPS) is 19.6. The van der Waals surface area contributed by atoms with E-state index in [1.54, 1.807) is 6.07 Å². The SMILES string of the molecule is C[C@@H]1NCc2cc(Cl)ccc2NC1=O.Cl. The minimum Gasteiger partial charge on any atom is -0.324 e. The number of hydrogen-bond acceptors (Lipinski definition) is 2. The second kappa shape index (κ2) is 4.84. The van der Waals surface area contributed by atoms with Crippen LogP contribution in [-0.4, -0.2) is 11.9 Å². The van der Waals surface area contributed by atoms with Crippen molar-refractivity contribution < 1.29 is 4.79 Å². The van der Waals surface area contributed by atoms with Crippen molar-refractivity contribution in [2.75, 3.05) is 5.32 Å². The van der Waals surface area contributed by atoms with E-state index >= 15 is 0 Å². The largest absolute Gasteiger partial charge is 0.324 e. The van der Waals surface area contributed by atoms with Gasteiger partial charge in [0.05, 0.1) is 6.04 Å². The molecule has 0 spiro atoms. The van der Waals surface area contributed by atoms with E-state index in [-0.39, 0.29) is 24.4 Å². The number of benzene rings is 1. The molecule has 1 aromatic carbocycles. The highest BCUT2D eigenvalue weighted by Crippen LogP contribution is 2.22. The Labute approximate surface area is 99.6 Å². The Hall–Kier alpha value is -0.770. The zero-order chi connectivity index (χ0) is 10.1. The number of rotatable bonds is 0. The molecule has 82 valence electrons. The molecule has 1 aliphatic heterocycles. The highest BCUT2D eigenvalue weighted by molar-refractivity contribution is 6.30. The number of amides is 1. The van der Waals surface area contributed by atoms with Crippen LogP contribution in [0.15, 0.2) is 18.2 Å². The molecule has 0 aromatic heterocycles. The van der Waals surface area contributed by atoms with Gasteiger partial charge >= 0.3 is 0 Å². The van der Waals surface area contributed by atoms with Gasteiger partial charge in [-0.15, -0.1) is 12.4 Å². The van der Waals surface area contributed by atoms with Crippen molar-refractivity contribution in [2.24, 2.45) is 0 Å². The van der Waals surface area contributed by atoms with Crippen LogP contribution in [0.25, 0.3) is 0 Å². The Morgan fingerprint density at radius 1 is 1.47 bits per heavy atom. The zero-order valence-corrected chi connectivity index (χ0v) is 9.78. The summed E-state index contributed by atoms with van der Waals surface area (Å²) in [5, 5.41) is 6.64. The van der Waals surface area contributed by atoms with Gasteiger partial charge in [-0.2, -0.15) is 0 Å². The summed E-state index contributed by atoms with van der Waals surface area (Å²) in [5.41, 5.74) is 1.87. The molecule has 3 nitrogen and oxygen atoms in total. The second-order valence-electron chi connectivity index (χ2n) is 3.39. The smallest absolute Gasteiger partial charge is 0.241 e. The molecule has 2 N–H and O–H groups in total. The van der Waals surface area contributed by atoms with E-state index in [2.05, 4.69) is 10.6 Å². The molecule has 2 rings (SSSR count). The van der Waals surface area contributed by atoms with Gasteiger partial charge in [0.1, 0.15) is 0 Å². The summed E-state index contributed by atoms with van der Waals surface area (Å²) >= 11 is 5.86.